The summed E-state index contributed by atoms with van der Waals surface area (Å²) in [6, 6.07) is 14.4. The molecule has 0 aromatic heterocycles. The number of carbonyl (C=O) groups excluding carboxylic acids is 2. The summed E-state index contributed by atoms with van der Waals surface area (Å²) in [5.74, 6) is -1.40. The van der Waals surface area contributed by atoms with Crippen LogP contribution in [0.25, 0.3) is 0 Å². The number of hydrazine groups is 1. The smallest absolute Gasteiger partial charge is 0.257 e. The van der Waals surface area contributed by atoms with E-state index >= 15 is 0 Å². The van der Waals surface area contributed by atoms with Crippen LogP contribution in [0.2, 0.25) is 0 Å². The van der Waals surface area contributed by atoms with E-state index < -0.39 is 11.7 Å². The van der Waals surface area contributed by atoms with Gasteiger partial charge in [0.15, 0.2) is 5.11 Å². The van der Waals surface area contributed by atoms with Crippen molar-refractivity contribution in [2.45, 2.75) is 6.42 Å². The Hall–Kier alpha value is -2.80. The fourth-order valence-electron chi connectivity index (χ4n) is 1.79. The Morgan fingerprint density at radius 3 is 2.43 bits per heavy atom. The molecule has 2 rings (SSSR count). The third-order valence-electron chi connectivity index (χ3n) is 2.84. The van der Waals surface area contributed by atoms with Gasteiger partial charge in [-0.3, -0.25) is 25.8 Å². The second-order valence-corrected chi connectivity index (χ2v) is 5.04. The van der Waals surface area contributed by atoms with Gasteiger partial charge in [-0.25, -0.2) is 4.39 Å². The number of benzene rings is 2. The normalized spacial score (nSPS) is 9.78. The maximum Gasteiger partial charge on any atom is 0.257 e. The molecule has 0 heterocycles. The van der Waals surface area contributed by atoms with E-state index in [9.17, 15) is 14.0 Å². The minimum absolute atomic E-state index is 0.0827. The molecule has 0 atom stereocenters. The van der Waals surface area contributed by atoms with Gasteiger partial charge in [-0.15, -0.1) is 0 Å². The summed E-state index contributed by atoms with van der Waals surface area (Å²) in [6.45, 7) is 0. The molecule has 2 amide bonds. The largest absolute Gasteiger partial charge is 0.298 e. The molecule has 0 saturated carbocycles. The highest BCUT2D eigenvalue weighted by Crippen LogP contribution is 2.03. The highest BCUT2D eigenvalue weighted by molar-refractivity contribution is 7.80. The zero-order valence-electron chi connectivity index (χ0n) is 12.0. The molecule has 0 radical (unpaired) electrons. The third-order valence-corrected chi connectivity index (χ3v) is 3.04. The maximum absolute atomic E-state index is 13.0. The monoisotopic (exact) mass is 331 g/mol. The van der Waals surface area contributed by atoms with Gasteiger partial charge < -0.3 is 0 Å². The van der Waals surface area contributed by atoms with Gasteiger partial charge in [0.05, 0.1) is 6.42 Å². The van der Waals surface area contributed by atoms with Crippen LogP contribution >= 0.6 is 12.2 Å². The SMILES string of the molecule is O=C(Cc1ccccc1)NNC(=S)NC(=O)c1cccc(F)c1. The molecule has 0 unspecified atom stereocenters. The number of nitrogens with one attached hydrogen (secondary N) is 3. The molecular weight excluding hydrogens is 317 g/mol. The Kier molecular flexibility index (Phi) is 5.76. The molecule has 7 heteroatoms. The van der Waals surface area contributed by atoms with E-state index in [-0.39, 0.29) is 23.0 Å². The molecule has 0 spiro atoms. The molecule has 0 aliphatic rings. The van der Waals surface area contributed by atoms with Crippen LogP contribution in [0.1, 0.15) is 15.9 Å². The summed E-state index contributed by atoms with van der Waals surface area (Å²) in [5, 5.41) is 2.26. The second kappa shape index (κ2) is 8.00. The van der Waals surface area contributed by atoms with E-state index in [0.29, 0.717) is 0 Å². The van der Waals surface area contributed by atoms with Crippen LogP contribution in [-0.4, -0.2) is 16.9 Å². The van der Waals surface area contributed by atoms with Crippen molar-refractivity contribution in [2.24, 2.45) is 0 Å². The van der Waals surface area contributed by atoms with Gasteiger partial charge in [-0.05, 0) is 36.0 Å². The fourth-order valence-corrected chi connectivity index (χ4v) is 1.93. The van der Waals surface area contributed by atoms with Crippen LogP contribution in [0.15, 0.2) is 54.6 Å². The first-order chi connectivity index (χ1) is 11.0. The van der Waals surface area contributed by atoms with Gasteiger partial charge in [-0.1, -0.05) is 36.4 Å². The van der Waals surface area contributed by atoms with Crippen LogP contribution in [0.3, 0.4) is 0 Å². The highest BCUT2D eigenvalue weighted by atomic mass is 32.1. The number of carbonyl (C=O) groups is 2. The number of amides is 2. The number of halogens is 1. The summed E-state index contributed by atoms with van der Waals surface area (Å²) in [6.07, 6.45) is 0.175. The van der Waals surface area contributed by atoms with E-state index in [0.717, 1.165) is 11.6 Å². The number of rotatable bonds is 3. The number of hydrogen-bond acceptors (Lipinski definition) is 3. The van der Waals surface area contributed by atoms with Gasteiger partial charge in [0.25, 0.3) is 5.91 Å². The summed E-state index contributed by atoms with van der Waals surface area (Å²) in [5.41, 5.74) is 5.78. The maximum atomic E-state index is 13.0. The first-order valence-electron chi connectivity index (χ1n) is 6.74. The second-order valence-electron chi connectivity index (χ2n) is 4.63. The van der Waals surface area contributed by atoms with Crippen LogP contribution in [0.4, 0.5) is 4.39 Å². The van der Waals surface area contributed by atoms with Crippen molar-refractivity contribution in [1.82, 2.24) is 16.2 Å². The summed E-state index contributed by atoms with van der Waals surface area (Å²) in [7, 11) is 0. The molecule has 2 aromatic rings. The van der Waals surface area contributed by atoms with Gasteiger partial charge >= 0.3 is 0 Å². The summed E-state index contributed by atoms with van der Waals surface area (Å²) >= 11 is 4.89. The molecule has 0 aliphatic heterocycles. The summed E-state index contributed by atoms with van der Waals surface area (Å²) in [4.78, 5) is 23.5. The predicted octanol–water partition coefficient (Wildman–Crippen LogP) is 1.70. The molecule has 3 N–H and O–H groups in total. The average molecular weight is 331 g/mol. The van der Waals surface area contributed by atoms with E-state index in [2.05, 4.69) is 16.2 Å². The Labute approximate surface area is 137 Å². The molecule has 23 heavy (non-hydrogen) atoms. The Morgan fingerprint density at radius 2 is 1.74 bits per heavy atom. The van der Waals surface area contributed by atoms with Gasteiger partial charge in [-0.2, -0.15) is 0 Å². The molecule has 118 valence electrons. The standard InChI is InChI=1S/C16H14FN3O2S/c17-13-8-4-7-12(10-13)15(22)18-16(23)20-19-14(21)9-11-5-2-1-3-6-11/h1-8,10H,9H2,(H,19,21)(H2,18,20,22,23). The Bertz CT molecular complexity index is 722. The van der Waals surface area contributed by atoms with E-state index in [4.69, 9.17) is 12.2 Å². The molecule has 2 aromatic carbocycles. The van der Waals surface area contributed by atoms with Crippen LogP contribution in [0.5, 0.6) is 0 Å². The molecule has 5 nitrogen and oxygen atoms in total. The zero-order chi connectivity index (χ0) is 16.7. The van der Waals surface area contributed by atoms with Crippen LogP contribution < -0.4 is 16.2 Å². The van der Waals surface area contributed by atoms with E-state index in [1.165, 1.54) is 18.2 Å². The van der Waals surface area contributed by atoms with Crippen molar-refractivity contribution >= 4 is 29.1 Å². The zero-order valence-corrected chi connectivity index (χ0v) is 12.8. The lowest BCUT2D eigenvalue weighted by atomic mass is 10.1. The van der Waals surface area contributed by atoms with Gasteiger partial charge in [0.1, 0.15) is 5.82 Å². The Balaban J connectivity index is 1.78. The van der Waals surface area contributed by atoms with Crippen molar-refractivity contribution in [3.8, 4) is 0 Å². The minimum atomic E-state index is -0.570. The summed E-state index contributed by atoms with van der Waals surface area (Å²) < 4.78 is 13.0. The Morgan fingerprint density at radius 1 is 1.00 bits per heavy atom. The number of hydrogen-bond donors (Lipinski definition) is 3. The lowest BCUT2D eigenvalue weighted by molar-refractivity contribution is -0.121. The van der Waals surface area contributed by atoms with E-state index in [1.807, 2.05) is 30.3 Å². The minimum Gasteiger partial charge on any atom is -0.298 e. The van der Waals surface area contributed by atoms with Crippen molar-refractivity contribution in [2.75, 3.05) is 0 Å². The van der Waals surface area contributed by atoms with Crippen molar-refractivity contribution < 1.29 is 14.0 Å². The first-order valence-corrected chi connectivity index (χ1v) is 7.15. The van der Waals surface area contributed by atoms with Crippen LogP contribution in [-0.2, 0) is 11.2 Å². The molecule has 0 saturated heterocycles. The molecule has 0 fully saturated rings. The van der Waals surface area contributed by atoms with Crippen molar-refractivity contribution in [3.05, 3.63) is 71.5 Å². The third kappa shape index (κ3) is 5.48. The first kappa shape index (κ1) is 16.6. The topological polar surface area (TPSA) is 70.2 Å². The lowest BCUT2D eigenvalue weighted by Gasteiger charge is -2.11. The van der Waals surface area contributed by atoms with E-state index in [1.54, 1.807) is 0 Å². The molecule has 0 aliphatic carbocycles. The quantitative estimate of drug-likeness (QED) is 0.591. The lowest BCUT2D eigenvalue weighted by Crippen LogP contribution is -2.48. The average Bonchev–Trinajstić information content (AvgIpc) is 2.54. The van der Waals surface area contributed by atoms with Crippen LogP contribution in [0, 0.1) is 5.82 Å². The van der Waals surface area contributed by atoms with Gasteiger partial charge in [0.2, 0.25) is 5.91 Å². The highest BCUT2D eigenvalue weighted by Gasteiger charge is 2.09. The molecule has 0 bridgehead atoms. The van der Waals surface area contributed by atoms with Crippen molar-refractivity contribution in [1.29, 1.82) is 0 Å². The molecular formula is C16H14FN3O2S. The predicted molar refractivity (Wildman–Crippen MR) is 87.9 cm³/mol. The number of thiocarbonyl (C=S) groups is 1. The van der Waals surface area contributed by atoms with Crippen molar-refractivity contribution in [3.63, 3.8) is 0 Å². The fraction of sp³-hybridized carbons (Fsp3) is 0.0625. The van der Waals surface area contributed by atoms with Gasteiger partial charge in [0, 0.05) is 5.56 Å².